The zero-order chi connectivity index (χ0) is 12.8. The third-order valence-electron chi connectivity index (χ3n) is 2.97. The van der Waals surface area contributed by atoms with Gasteiger partial charge < -0.3 is 10.2 Å². The number of carbonyl (C=O) groups is 1. The molecule has 3 nitrogen and oxygen atoms in total. The Morgan fingerprint density at radius 1 is 1.35 bits per heavy atom. The van der Waals surface area contributed by atoms with Crippen LogP contribution in [0.2, 0.25) is 0 Å². The maximum absolute atomic E-state index is 12.0. The number of hydrogen-bond acceptors (Lipinski definition) is 2. The molecule has 0 fully saturated rings. The molecule has 0 saturated carbocycles. The van der Waals surface area contributed by atoms with Crippen molar-refractivity contribution in [1.29, 1.82) is 0 Å². The summed E-state index contributed by atoms with van der Waals surface area (Å²) in [6.45, 7) is 5.68. The summed E-state index contributed by atoms with van der Waals surface area (Å²) < 4.78 is 0. The first-order valence-electron chi connectivity index (χ1n) is 5.99. The molecule has 0 aliphatic rings. The topological polar surface area (TPSA) is 32.3 Å². The van der Waals surface area contributed by atoms with Crippen LogP contribution in [0.4, 0.5) is 0 Å². The number of likely N-dealkylation sites (N-methyl/N-ethyl adjacent to an activating group) is 2. The average molecular weight is 234 g/mol. The van der Waals surface area contributed by atoms with Gasteiger partial charge in [-0.1, -0.05) is 23.8 Å². The predicted octanol–water partition coefficient (Wildman–Crippen LogP) is 1.52. The van der Waals surface area contributed by atoms with E-state index in [2.05, 4.69) is 37.4 Å². The summed E-state index contributed by atoms with van der Waals surface area (Å²) in [4.78, 5) is 13.8. The zero-order valence-electron chi connectivity index (χ0n) is 11.2. The molecule has 0 aliphatic carbocycles. The SMILES string of the molecule is CNCCN(C)C(=O)Cc1cc(C)ccc1C. The van der Waals surface area contributed by atoms with Crippen molar-refractivity contribution in [3.05, 3.63) is 34.9 Å². The van der Waals surface area contributed by atoms with E-state index in [-0.39, 0.29) is 5.91 Å². The maximum Gasteiger partial charge on any atom is 0.226 e. The molecule has 0 aliphatic heterocycles. The minimum absolute atomic E-state index is 0.175. The van der Waals surface area contributed by atoms with Gasteiger partial charge in [0.2, 0.25) is 5.91 Å². The number of amides is 1. The van der Waals surface area contributed by atoms with Gasteiger partial charge in [0.25, 0.3) is 0 Å². The molecule has 1 aromatic rings. The Labute approximate surface area is 104 Å². The molecule has 3 heteroatoms. The monoisotopic (exact) mass is 234 g/mol. The highest BCUT2D eigenvalue weighted by atomic mass is 16.2. The van der Waals surface area contributed by atoms with Crippen molar-refractivity contribution in [2.75, 3.05) is 27.2 Å². The van der Waals surface area contributed by atoms with Crippen LogP contribution in [-0.2, 0) is 11.2 Å². The van der Waals surface area contributed by atoms with Gasteiger partial charge in [-0.05, 0) is 32.0 Å². The van der Waals surface area contributed by atoms with Crippen molar-refractivity contribution in [2.24, 2.45) is 0 Å². The summed E-state index contributed by atoms with van der Waals surface area (Å²) in [6, 6.07) is 6.25. The molecule has 0 unspecified atom stereocenters. The highest BCUT2D eigenvalue weighted by molar-refractivity contribution is 5.78. The highest BCUT2D eigenvalue weighted by Crippen LogP contribution is 2.12. The molecule has 1 aromatic carbocycles. The Hall–Kier alpha value is -1.35. The fraction of sp³-hybridized carbons (Fsp3) is 0.500. The normalized spacial score (nSPS) is 10.4. The fourth-order valence-electron chi connectivity index (χ4n) is 1.69. The molecule has 17 heavy (non-hydrogen) atoms. The summed E-state index contributed by atoms with van der Waals surface area (Å²) in [6.07, 6.45) is 0.494. The Bertz CT molecular complexity index is 388. The second kappa shape index (κ2) is 6.40. The fourth-order valence-corrected chi connectivity index (χ4v) is 1.69. The number of nitrogens with zero attached hydrogens (tertiary/aromatic N) is 1. The summed E-state index contributed by atoms with van der Waals surface area (Å²) in [7, 11) is 3.74. The van der Waals surface area contributed by atoms with Crippen LogP contribution in [-0.4, -0.2) is 38.0 Å². The van der Waals surface area contributed by atoms with Gasteiger partial charge in [0.1, 0.15) is 0 Å². The van der Waals surface area contributed by atoms with E-state index in [4.69, 9.17) is 0 Å². The summed E-state index contributed by atoms with van der Waals surface area (Å²) in [5.74, 6) is 0.175. The lowest BCUT2D eigenvalue weighted by molar-refractivity contribution is -0.129. The summed E-state index contributed by atoms with van der Waals surface area (Å²) in [5.41, 5.74) is 3.52. The molecule has 1 rings (SSSR count). The van der Waals surface area contributed by atoms with E-state index in [9.17, 15) is 4.79 Å². The lowest BCUT2D eigenvalue weighted by Crippen LogP contribution is -2.33. The largest absolute Gasteiger partial charge is 0.344 e. The van der Waals surface area contributed by atoms with Crippen LogP contribution in [0.5, 0.6) is 0 Å². The van der Waals surface area contributed by atoms with Gasteiger partial charge in [-0.2, -0.15) is 0 Å². The molecule has 0 aromatic heterocycles. The van der Waals surface area contributed by atoms with Crippen LogP contribution in [0.3, 0.4) is 0 Å². The first kappa shape index (κ1) is 13.7. The van der Waals surface area contributed by atoms with E-state index in [0.29, 0.717) is 6.42 Å². The van der Waals surface area contributed by atoms with Crippen molar-refractivity contribution in [2.45, 2.75) is 20.3 Å². The highest BCUT2D eigenvalue weighted by Gasteiger charge is 2.10. The minimum atomic E-state index is 0.175. The van der Waals surface area contributed by atoms with E-state index in [1.165, 1.54) is 11.1 Å². The van der Waals surface area contributed by atoms with Crippen molar-refractivity contribution in [3.8, 4) is 0 Å². The summed E-state index contributed by atoms with van der Waals surface area (Å²) in [5, 5.41) is 3.04. The van der Waals surface area contributed by atoms with Crippen molar-refractivity contribution >= 4 is 5.91 Å². The number of aryl methyl sites for hydroxylation is 2. The third kappa shape index (κ3) is 4.19. The van der Waals surface area contributed by atoms with Gasteiger partial charge >= 0.3 is 0 Å². The number of benzene rings is 1. The Morgan fingerprint density at radius 3 is 2.71 bits per heavy atom. The van der Waals surface area contributed by atoms with Crippen LogP contribution in [0.25, 0.3) is 0 Å². The van der Waals surface area contributed by atoms with Crippen LogP contribution in [0, 0.1) is 13.8 Å². The van der Waals surface area contributed by atoms with E-state index in [1.54, 1.807) is 4.90 Å². The van der Waals surface area contributed by atoms with Gasteiger partial charge in [0.05, 0.1) is 6.42 Å². The lowest BCUT2D eigenvalue weighted by atomic mass is 10.0. The third-order valence-corrected chi connectivity index (χ3v) is 2.97. The smallest absolute Gasteiger partial charge is 0.226 e. The van der Waals surface area contributed by atoms with Crippen LogP contribution in [0.15, 0.2) is 18.2 Å². The average Bonchev–Trinajstić information content (AvgIpc) is 2.30. The van der Waals surface area contributed by atoms with E-state index >= 15 is 0 Å². The van der Waals surface area contributed by atoms with E-state index in [1.807, 2.05) is 14.1 Å². The first-order valence-corrected chi connectivity index (χ1v) is 5.99. The van der Waals surface area contributed by atoms with E-state index in [0.717, 1.165) is 18.7 Å². The first-order chi connectivity index (χ1) is 8.04. The molecule has 0 radical (unpaired) electrons. The number of rotatable bonds is 5. The van der Waals surface area contributed by atoms with Crippen LogP contribution < -0.4 is 5.32 Å². The molecule has 0 bridgehead atoms. The molecule has 1 N–H and O–H groups in total. The van der Waals surface area contributed by atoms with Crippen LogP contribution in [0.1, 0.15) is 16.7 Å². The zero-order valence-corrected chi connectivity index (χ0v) is 11.2. The van der Waals surface area contributed by atoms with Crippen LogP contribution >= 0.6 is 0 Å². The molecule has 94 valence electrons. The van der Waals surface area contributed by atoms with Gasteiger partial charge in [-0.3, -0.25) is 4.79 Å². The second-order valence-corrected chi connectivity index (χ2v) is 4.53. The molecule has 1 amide bonds. The van der Waals surface area contributed by atoms with Gasteiger partial charge in [0, 0.05) is 20.1 Å². The molecule has 0 saturated heterocycles. The lowest BCUT2D eigenvalue weighted by Gasteiger charge is -2.17. The van der Waals surface area contributed by atoms with Crippen molar-refractivity contribution in [1.82, 2.24) is 10.2 Å². The number of hydrogen-bond donors (Lipinski definition) is 1. The maximum atomic E-state index is 12.0. The molecule has 0 atom stereocenters. The Balaban J connectivity index is 2.64. The second-order valence-electron chi connectivity index (χ2n) is 4.53. The van der Waals surface area contributed by atoms with Crippen molar-refractivity contribution < 1.29 is 4.79 Å². The van der Waals surface area contributed by atoms with Gasteiger partial charge in [-0.15, -0.1) is 0 Å². The number of nitrogens with one attached hydrogen (secondary N) is 1. The van der Waals surface area contributed by atoms with Crippen molar-refractivity contribution in [3.63, 3.8) is 0 Å². The van der Waals surface area contributed by atoms with Gasteiger partial charge in [-0.25, -0.2) is 0 Å². The van der Waals surface area contributed by atoms with E-state index < -0.39 is 0 Å². The number of carbonyl (C=O) groups excluding carboxylic acids is 1. The molecular weight excluding hydrogens is 212 g/mol. The minimum Gasteiger partial charge on any atom is -0.344 e. The van der Waals surface area contributed by atoms with Gasteiger partial charge in [0.15, 0.2) is 0 Å². The Kier molecular flexibility index (Phi) is 5.16. The quantitative estimate of drug-likeness (QED) is 0.838. The molecular formula is C14H22N2O. The molecule has 0 heterocycles. The predicted molar refractivity (Wildman–Crippen MR) is 71.2 cm³/mol. The molecule has 0 spiro atoms. The Morgan fingerprint density at radius 2 is 2.06 bits per heavy atom. The summed E-state index contributed by atoms with van der Waals surface area (Å²) >= 11 is 0. The standard InChI is InChI=1S/C14H22N2O/c1-11-5-6-12(2)13(9-11)10-14(17)16(4)8-7-15-3/h5-6,9,15H,7-8,10H2,1-4H3.